The van der Waals surface area contributed by atoms with E-state index in [0.29, 0.717) is 25.5 Å². The van der Waals surface area contributed by atoms with Gasteiger partial charge in [0.15, 0.2) is 5.76 Å². The van der Waals surface area contributed by atoms with Gasteiger partial charge in [0, 0.05) is 24.2 Å². The van der Waals surface area contributed by atoms with Crippen LogP contribution >= 0.6 is 0 Å². The summed E-state index contributed by atoms with van der Waals surface area (Å²) in [5, 5.41) is 0. The number of rotatable bonds is 10. The molecule has 3 rings (SSSR count). The van der Waals surface area contributed by atoms with E-state index in [-0.39, 0.29) is 0 Å². The van der Waals surface area contributed by atoms with Gasteiger partial charge in [-0.15, -0.1) is 0 Å². The molecule has 0 atom stereocenters. The van der Waals surface area contributed by atoms with Crippen molar-refractivity contribution in [2.75, 3.05) is 6.61 Å². The predicted octanol–water partition coefficient (Wildman–Crippen LogP) is 5.28. The van der Waals surface area contributed by atoms with E-state index in [0.717, 1.165) is 48.1 Å². The molecule has 0 fully saturated rings. The molecule has 1 aromatic heterocycles. The minimum Gasteiger partial charge on any atom is -0.436 e. The lowest BCUT2D eigenvalue weighted by Gasteiger charge is -2.03. The van der Waals surface area contributed by atoms with Crippen molar-refractivity contribution in [3.05, 3.63) is 66.4 Å². The standard InChI is InChI=1S/C22H23NO3/c24-15-9-1-2-10-16-25-17-20-21(18-11-5-3-6-12-18)26-22(23-20)19-13-7-4-8-14-19/h3-8,11-15H,1-2,9-10,16-17H2. The first kappa shape index (κ1) is 18.1. The summed E-state index contributed by atoms with van der Waals surface area (Å²) in [5.74, 6) is 1.36. The van der Waals surface area contributed by atoms with Crippen molar-refractivity contribution in [1.82, 2.24) is 4.98 Å². The van der Waals surface area contributed by atoms with Gasteiger partial charge in [-0.3, -0.25) is 0 Å². The van der Waals surface area contributed by atoms with Gasteiger partial charge in [-0.1, -0.05) is 55.0 Å². The maximum absolute atomic E-state index is 10.3. The van der Waals surface area contributed by atoms with Crippen molar-refractivity contribution in [2.45, 2.75) is 32.3 Å². The monoisotopic (exact) mass is 349 g/mol. The van der Waals surface area contributed by atoms with Gasteiger partial charge in [0.25, 0.3) is 0 Å². The Labute approximate surface area is 153 Å². The van der Waals surface area contributed by atoms with E-state index in [1.54, 1.807) is 0 Å². The molecular formula is C22H23NO3. The molecule has 0 unspecified atom stereocenters. The number of aldehydes is 1. The summed E-state index contributed by atoms with van der Waals surface area (Å²) in [7, 11) is 0. The highest BCUT2D eigenvalue weighted by Crippen LogP contribution is 2.30. The van der Waals surface area contributed by atoms with Gasteiger partial charge in [0.2, 0.25) is 5.89 Å². The van der Waals surface area contributed by atoms with Crippen LogP contribution in [0.15, 0.2) is 65.1 Å². The van der Waals surface area contributed by atoms with E-state index < -0.39 is 0 Å². The Morgan fingerprint density at radius 1 is 0.885 bits per heavy atom. The summed E-state index contributed by atoms with van der Waals surface area (Å²) in [4.78, 5) is 15.0. The smallest absolute Gasteiger partial charge is 0.227 e. The molecule has 1 heterocycles. The van der Waals surface area contributed by atoms with Gasteiger partial charge in [0.05, 0.1) is 6.61 Å². The average Bonchev–Trinajstić information content (AvgIpc) is 3.13. The Bertz CT molecular complexity index is 797. The zero-order valence-electron chi connectivity index (χ0n) is 14.8. The van der Waals surface area contributed by atoms with Crippen LogP contribution in [0, 0.1) is 0 Å². The van der Waals surface area contributed by atoms with Crippen molar-refractivity contribution in [1.29, 1.82) is 0 Å². The lowest BCUT2D eigenvalue weighted by Crippen LogP contribution is -1.97. The van der Waals surface area contributed by atoms with Crippen molar-refractivity contribution in [3.8, 4) is 22.8 Å². The molecule has 26 heavy (non-hydrogen) atoms. The molecule has 0 aliphatic carbocycles. The zero-order chi connectivity index (χ0) is 18.0. The molecule has 0 radical (unpaired) electrons. The molecule has 0 amide bonds. The average molecular weight is 349 g/mol. The maximum Gasteiger partial charge on any atom is 0.227 e. The number of carbonyl (C=O) groups excluding carboxylic acids is 1. The third-order valence-electron chi connectivity index (χ3n) is 4.10. The number of ether oxygens (including phenoxy) is 1. The summed E-state index contributed by atoms with van der Waals surface area (Å²) < 4.78 is 11.9. The first-order valence-corrected chi connectivity index (χ1v) is 9.00. The highest BCUT2D eigenvalue weighted by molar-refractivity contribution is 5.64. The molecule has 0 saturated heterocycles. The molecule has 134 valence electrons. The van der Waals surface area contributed by atoms with Gasteiger partial charge in [-0.25, -0.2) is 4.98 Å². The topological polar surface area (TPSA) is 52.3 Å². The number of carbonyl (C=O) groups is 1. The minimum absolute atomic E-state index is 0.411. The van der Waals surface area contributed by atoms with Crippen LogP contribution < -0.4 is 0 Å². The molecule has 4 nitrogen and oxygen atoms in total. The SMILES string of the molecule is O=CCCCCCOCc1nc(-c2ccccc2)oc1-c1ccccc1. The van der Waals surface area contributed by atoms with E-state index in [2.05, 4.69) is 4.98 Å². The largest absolute Gasteiger partial charge is 0.436 e. The normalized spacial score (nSPS) is 10.8. The summed E-state index contributed by atoms with van der Waals surface area (Å²) in [6, 6.07) is 19.9. The Morgan fingerprint density at radius 3 is 2.27 bits per heavy atom. The van der Waals surface area contributed by atoms with E-state index in [9.17, 15) is 4.79 Å². The molecule has 4 heteroatoms. The van der Waals surface area contributed by atoms with Crippen LogP contribution in [0.1, 0.15) is 31.4 Å². The van der Waals surface area contributed by atoms with Gasteiger partial charge in [0.1, 0.15) is 12.0 Å². The maximum atomic E-state index is 10.3. The van der Waals surface area contributed by atoms with Crippen LogP contribution in [-0.2, 0) is 16.1 Å². The lowest BCUT2D eigenvalue weighted by atomic mass is 10.1. The second kappa shape index (κ2) is 9.68. The first-order chi connectivity index (χ1) is 12.9. The quantitative estimate of drug-likeness (QED) is 0.369. The summed E-state index contributed by atoms with van der Waals surface area (Å²) in [6.07, 6.45) is 4.45. The third kappa shape index (κ3) is 4.90. The van der Waals surface area contributed by atoms with Crippen LogP contribution in [0.3, 0.4) is 0 Å². The number of hydrogen-bond acceptors (Lipinski definition) is 4. The fraction of sp³-hybridized carbons (Fsp3) is 0.273. The molecule has 0 bridgehead atoms. The van der Waals surface area contributed by atoms with Crippen LogP contribution in [0.5, 0.6) is 0 Å². The number of oxazole rings is 1. The van der Waals surface area contributed by atoms with Crippen LogP contribution in [0.2, 0.25) is 0 Å². The predicted molar refractivity (Wildman–Crippen MR) is 102 cm³/mol. The lowest BCUT2D eigenvalue weighted by molar-refractivity contribution is -0.107. The van der Waals surface area contributed by atoms with Crippen LogP contribution in [0.4, 0.5) is 0 Å². The van der Waals surface area contributed by atoms with E-state index in [1.165, 1.54) is 0 Å². The molecular weight excluding hydrogens is 326 g/mol. The first-order valence-electron chi connectivity index (χ1n) is 9.00. The summed E-state index contributed by atoms with van der Waals surface area (Å²) in [6.45, 7) is 1.06. The molecule has 0 saturated carbocycles. The molecule has 0 aliphatic rings. The Kier molecular flexibility index (Phi) is 6.73. The minimum atomic E-state index is 0.411. The Balaban J connectivity index is 1.71. The van der Waals surface area contributed by atoms with Gasteiger partial charge in [-0.2, -0.15) is 0 Å². The Morgan fingerprint density at radius 2 is 1.58 bits per heavy atom. The van der Waals surface area contributed by atoms with Gasteiger partial charge < -0.3 is 13.9 Å². The third-order valence-corrected chi connectivity index (χ3v) is 4.10. The Hall–Kier alpha value is -2.72. The number of hydrogen-bond donors (Lipinski definition) is 0. The summed E-state index contributed by atoms with van der Waals surface area (Å²) in [5.41, 5.74) is 2.75. The van der Waals surface area contributed by atoms with Crippen molar-refractivity contribution < 1.29 is 13.9 Å². The van der Waals surface area contributed by atoms with Crippen molar-refractivity contribution >= 4 is 6.29 Å². The number of unbranched alkanes of at least 4 members (excludes halogenated alkanes) is 3. The molecule has 2 aromatic carbocycles. The van der Waals surface area contributed by atoms with Crippen LogP contribution in [0.25, 0.3) is 22.8 Å². The number of benzene rings is 2. The highest BCUT2D eigenvalue weighted by atomic mass is 16.5. The fourth-order valence-corrected chi connectivity index (χ4v) is 2.75. The van der Waals surface area contributed by atoms with Gasteiger partial charge in [-0.05, 0) is 25.0 Å². The van der Waals surface area contributed by atoms with E-state index in [4.69, 9.17) is 9.15 Å². The second-order valence-electron chi connectivity index (χ2n) is 6.10. The van der Waals surface area contributed by atoms with E-state index >= 15 is 0 Å². The molecule has 0 aliphatic heterocycles. The van der Waals surface area contributed by atoms with E-state index in [1.807, 2.05) is 60.7 Å². The molecule has 0 N–H and O–H groups in total. The van der Waals surface area contributed by atoms with Gasteiger partial charge >= 0.3 is 0 Å². The molecule has 3 aromatic rings. The zero-order valence-corrected chi connectivity index (χ0v) is 14.8. The van der Waals surface area contributed by atoms with Crippen molar-refractivity contribution in [3.63, 3.8) is 0 Å². The highest BCUT2D eigenvalue weighted by Gasteiger charge is 2.16. The molecule has 0 spiro atoms. The summed E-state index contributed by atoms with van der Waals surface area (Å²) >= 11 is 0. The number of aromatic nitrogens is 1. The van der Waals surface area contributed by atoms with Crippen LogP contribution in [-0.4, -0.2) is 17.9 Å². The number of nitrogens with zero attached hydrogens (tertiary/aromatic N) is 1. The fourth-order valence-electron chi connectivity index (χ4n) is 2.75. The second-order valence-corrected chi connectivity index (χ2v) is 6.10. The van der Waals surface area contributed by atoms with Crippen molar-refractivity contribution in [2.24, 2.45) is 0 Å².